The Bertz CT molecular complexity index is 867. The predicted octanol–water partition coefficient (Wildman–Crippen LogP) is 9.10. The molecule has 0 heterocycles. The first-order valence-corrected chi connectivity index (χ1v) is 17.3. The van der Waals surface area contributed by atoms with Gasteiger partial charge in [-0.2, -0.15) is 0 Å². The highest BCUT2D eigenvalue weighted by Gasteiger charge is 2.59. The van der Waals surface area contributed by atoms with Gasteiger partial charge < -0.3 is 15.0 Å². The Balaban J connectivity index is 1.33. The summed E-state index contributed by atoms with van der Waals surface area (Å²) in [6.45, 7) is 16.9. The number of fused-ring (bicyclic) bond motifs is 5. The Hall–Kier alpha value is -1.03. The van der Waals surface area contributed by atoms with Crippen LogP contribution in [0.2, 0.25) is 0 Å². The number of hydrogen-bond donors (Lipinski definition) is 1. The number of carbonyl (C=O) groups excluding carboxylic acids is 1. The van der Waals surface area contributed by atoms with Crippen LogP contribution in [0.15, 0.2) is 11.6 Å². The van der Waals surface area contributed by atoms with Crippen molar-refractivity contribution < 1.29 is 9.53 Å². The van der Waals surface area contributed by atoms with Crippen LogP contribution in [0.25, 0.3) is 0 Å². The average Bonchev–Trinajstić information content (AvgIpc) is 3.26. The molecule has 4 nitrogen and oxygen atoms in total. The molecule has 0 bridgehead atoms. The van der Waals surface area contributed by atoms with Gasteiger partial charge in [0.25, 0.3) is 0 Å². The summed E-state index contributed by atoms with van der Waals surface area (Å²) in [5, 5.41) is 3.00. The molecule has 0 spiro atoms. The predicted molar refractivity (Wildman–Crippen MR) is 168 cm³/mol. The lowest BCUT2D eigenvalue weighted by Gasteiger charge is -2.58. The summed E-state index contributed by atoms with van der Waals surface area (Å²) in [5.74, 6) is 6.04. The van der Waals surface area contributed by atoms with Crippen molar-refractivity contribution in [1.29, 1.82) is 0 Å². The largest absolute Gasteiger partial charge is 0.446 e. The van der Waals surface area contributed by atoms with E-state index in [0.717, 1.165) is 73.7 Å². The number of ether oxygens (including phenoxy) is 1. The van der Waals surface area contributed by atoms with Crippen LogP contribution in [0, 0.1) is 52.3 Å². The van der Waals surface area contributed by atoms with Gasteiger partial charge >= 0.3 is 6.09 Å². The first-order valence-electron chi connectivity index (χ1n) is 17.3. The number of amides is 1. The van der Waals surface area contributed by atoms with Crippen molar-refractivity contribution in [3.63, 3.8) is 0 Å². The molecule has 0 unspecified atom stereocenters. The Morgan fingerprint density at radius 1 is 1.05 bits per heavy atom. The molecular formula is C36H64N2O2. The number of alkyl carbamates (subject to hydrolysis) is 1. The summed E-state index contributed by atoms with van der Waals surface area (Å²) in [6.07, 6.45) is 18.8. The van der Waals surface area contributed by atoms with Gasteiger partial charge in [0.2, 0.25) is 0 Å². The molecule has 0 radical (unpaired) electrons. The molecule has 0 saturated heterocycles. The lowest BCUT2D eigenvalue weighted by atomic mass is 9.47. The van der Waals surface area contributed by atoms with Crippen molar-refractivity contribution in [3.8, 4) is 0 Å². The summed E-state index contributed by atoms with van der Waals surface area (Å²) >= 11 is 0. The number of nitrogens with one attached hydrogen (secondary N) is 1. The quantitative estimate of drug-likeness (QED) is 0.192. The second kappa shape index (κ2) is 13.5. The first kappa shape index (κ1) is 31.9. The normalized spacial score (nSPS) is 36.9. The third-order valence-electron chi connectivity index (χ3n) is 12.9. The monoisotopic (exact) mass is 556 g/mol. The Kier molecular flexibility index (Phi) is 10.8. The molecule has 4 heteroatoms. The summed E-state index contributed by atoms with van der Waals surface area (Å²) in [6, 6.07) is 0. The molecule has 4 aliphatic rings. The van der Waals surface area contributed by atoms with Crippen LogP contribution in [-0.2, 0) is 4.74 Å². The molecule has 4 aliphatic carbocycles. The number of rotatable bonds is 12. The number of nitrogens with zero attached hydrogens (tertiary/aromatic N) is 1. The smallest absolute Gasteiger partial charge is 0.407 e. The van der Waals surface area contributed by atoms with E-state index >= 15 is 0 Å². The molecule has 0 aromatic rings. The molecule has 3 saturated carbocycles. The van der Waals surface area contributed by atoms with Crippen molar-refractivity contribution in [3.05, 3.63) is 11.6 Å². The van der Waals surface area contributed by atoms with Gasteiger partial charge in [0.1, 0.15) is 6.10 Å². The second-order valence-corrected chi connectivity index (χ2v) is 15.7. The standard InChI is InChI=1S/C36H64N2O2/c1-9-27(25(2)3)13-12-26(4)31-16-17-32-30-15-14-28-24-29(40-34(39)37-22-10-11-23-38(7)8)18-20-35(28,5)33(30)19-21-36(31,32)6/h14,25-27,29-33H,9-13,15-24H2,1-8H3,(H,37,39)/t26-,27-,29+,30+,31-,32+,33+,35+,36-/m1/s1. The molecular weight excluding hydrogens is 492 g/mol. The Labute approximate surface area is 247 Å². The average molecular weight is 557 g/mol. The zero-order valence-electron chi connectivity index (χ0n) is 27.6. The molecule has 0 aliphatic heterocycles. The van der Waals surface area contributed by atoms with Gasteiger partial charge in [-0.1, -0.05) is 66.0 Å². The van der Waals surface area contributed by atoms with E-state index in [9.17, 15) is 4.79 Å². The summed E-state index contributed by atoms with van der Waals surface area (Å²) < 4.78 is 5.94. The maximum Gasteiger partial charge on any atom is 0.407 e. The van der Waals surface area contributed by atoms with Crippen LogP contribution in [0.3, 0.4) is 0 Å². The van der Waals surface area contributed by atoms with Crippen molar-refractivity contribution in [1.82, 2.24) is 10.2 Å². The van der Waals surface area contributed by atoms with Gasteiger partial charge in [0, 0.05) is 13.0 Å². The van der Waals surface area contributed by atoms with Gasteiger partial charge in [-0.05, 0) is 137 Å². The van der Waals surface area contributed by atoms with Crippen molar-refractivity contribution >= 4 is 6.09 Å². The second-order valence-electron chi connectivity index (χ2n) is 15.7. The van der Waals surface area contributed by atoms with Crippen molar-refractivity contribution in [2.45, 2.75) is 131 Å². The summed E-state index contributed by atoms with van der Waals surface area (Å²) in [7, 11) is 4.18. The fourth-order valence-corrected chi connectivity index (χ4v) is 10.3. The number of hydrogen-bond acceptors (Lipinski definition) is 3. The fraction of sp³-hybridized carbons (Fsp3) is 0.917. The van der Waals surface area contributed by atoms with E-state index in [4.69, 9.17) is 4.74 Å². The van der Waals surface area contributed by atoms with Gasteiger partial charge in [0.15, 0.2) is 0 Å². The topological polar surface area (TPSA) is 41.6 Å². The SMILES string of the molecule is CC[C@H](CC[C@@H](C)[C@H]1CC[C@H]2[C@@H]3CC=C4C[C@@H](OC(=O)NCCCCN(C)C)CC[C@]4(C)[C@H]3CC[C@]12C)C(C)C. The minimum atomic E-state index is -0.217. The molecule has 3 fully saturated rings. The highest BCUT2D eigenvalue weighted by molar-refractivity contribution is 5.67. The number of carbonyl (C=O) groups is 1. The molecule has 40 heavy (non-hydrogen) atoms. The fourth-order valence-electron chi connectivity index (χ4n) is 10.3. The van der Waals surface area contributed by atoms with Gasteiger partial charge in [0.05, 0.1) is 0 Å². The third kappa shape index (κ3) is 6.78. The molecule has 1 amide bonds. The van der Waals surface area contributed by atoms with Crippen LogP contribution in [0.1, 0.15) is 125 Å². The molecule has 1 N–H and O–H groups in total. The molecule has 0 aromatic carbocycles. The Morgan fingerprint density at radius 2 is 1.82 bits per heavy atom. The summed E-state index contributed by atoms with van der Waals surface area (Å²) in [4.78, 5) is 14.7. The van der Waals surface area contributed by atoms with E-state index in [1.807, 2.05) is 0 Å². The van der Waals surface area contributed by atoms with E-state index in [-0.39, 0.29) is 12.2 Å². The van der Waals surface area contributed by atoms with Crippen molar-refractivity contribution in [2.24, 2.45) is 52.3 Å². The Morgan fingerprint density at radius 3 is 2.52 bits per heavy atom. The highest BCUT2D eigenvalue weighted by Crippen LogP contribution is 2.67. The molecule has 230 valence electrons. The van der Waals surface area contributed by atoms with E-state index in [1.54, 1.807) is 5.57 Å². The van der Waals surface area contributed by atoms with Crippen molar-refractivity contribution in [2.75, 3.05) is 27.2 Å². The van der Waals surface area contributed by atoms with Gasteiger partial charge in [-0.15, -0.1) is 0 Å². The van der Waals surface area contributed by atoms with Gasteiger partial charge in [-0.3, -0.25) is 0 Å². The van der Waals surface area contributed by atoms with E-state index in [1.165, 1.54) is 57.8 Å². The van der Waals surface area contributed by atoms with Crippen LogP contribution >= 0.6 is 0 Å². The van der Waals surface area contributed by atoms with E-state index in [2.05, 4.69) is 71.9 Å². The third-order valence-corrected chi connectivity index (χ3v) is 12.9. The number of unbranched alkanes of at least 4 members (excludes halogenated alkanes) is 1. The minimum Gasteiger partial charge on any atom is -0.446 e. The number of allylic oxidation sites excluding steroid dienone is 1. The van der Waals surface area contributed by atoms with E-state index < -0.39 is 0 Å². The first-order chi connectivity index (χ1) is 19.0. The van der Waals surface area contributed by atoms with Gasteiger partial charge in [-0.25, -0.2) is 4.79 Å². The van der Waals surface area contributed by atoms with Crippen LogP contribution in [0.5, 0.6) is 0 Å². The lowest BCUT2D eigenvalue weighted by Crippen LogP contribution is -2.51. The van der Waals surface area contributed by atoms with E-state index in [0.29, 0.717) is 17.4 Å². The molecule has 0 aromatic heterocycles. The van der Waals surface area contributed by atoms with Crippen LogP contribution in [-0.4, -0.2) is 44.3 Å². The zero-order valence-corrected chi connectivity index (χ0v) is 27.6. The zero-order chi connectivity index (χ0) is 29.1. The maximum absolute atomic E-state index is 12.5. The summed E-state index contributed by atoms with van der Waals surface area (Å²) in [5.41, 5.74) is 2.45. The van der Waals surface area contributed by atoms with Crippen LogP contribution in [0.4, 0.5) is 4.79 Å². The molecule has 4 rings (SSSR count). The lowest BCUT2D eigenvalue weighted by molar-refractivity contribution is -0.0583. The maximum atomic E-state index is 12.5. The highest BCUT2D eigenvalue weighted by atomic mass is 16.6. The van der Waals surface area contributed by atoms with Crippen LogP contribution < -0.4 is 5.32 Å². The minimum absolute atomic E-state index is 0.0426. The molecule has 9 atom stereocenters.